The fourth-order valence-corrected chi connectivity index (χ4v) is 4.97. The maximum absolute atomic E-state index is 12.9. The fraction of sp³-hybridized carbons (Fsp3) is 0.583. The summed E-state index contributed by atoms with van der Waals surface area (Å²) in [7, 11) is 0. The Hall–Kier alpha value is -3.38. The van der Waals surface area contributed by atoms with Gasteiger partial charge in [-0.15, -0.1) is 5.10 Å². The van der Waals surface area contributed by atoms with Gasteiger partial charge in [-0.25, -0.2) is 9.59 Å². The van der Waals surface area contributed by atoms with E-state index in [9.17, 15) is 31.1 Å². The van der Waals surface area contributed by atoms with Crippen molar-refractivity contribution in [3.63, 3.8) is 0 Å². The molecule has 18 heteroatoms. The lowest BCUT2D eigenvalue weighted by molar-refractivity contribution is -0.193. The van der Waals surface area contributed by atoms with Gasteiger partial charge in [0.1, 0.15) is 0 Å². The zero-order chi connectivity index (χ0) is 31.7. The standard InChI is InChI=1S/C20H27N5O2S.2C2HF3O2/c1-3-24-10-16(11-27-12-17-6-4-5-8-21-17)20(13-24)7-9-25(14-20)19(26)18-15(2)28-23-22-18;2*3-2(4,5)1(6)7/h4-6,8,16H,3,7,9-14H2,1-2H3;2*(H,6,7)/t16-,20+;;/m0../s1. The number of alkyl halides is 6. The van der Waals surface area contributed by atoms with Gasteiger partial charge in [-0.1, -0.05) is 17.5 Å². The van der Waals surface area contributed by atoms with E-state index < -0.39 is 24.3 Å². The average molecular weight is 630 g/mol. The highest BCUT2D eigenvalue weighted by atomic mass is 32.1. The van der Waals surface area contributed by atoms with Gasteiger partial charge in [0.2, 0.25) is 0 Å². The monoisotopic (exact) mass is 629 g/mol. The minimum absolute atomic E-state index is 0.0197. The second kappa shape index (κ2) is 14.7. The highest BCUT2D eigenvalue weighted by Crippen LogP contribution is 2.44. The molecule has 1 spiro atoms. The lowest BCUT2D eigenvalue weighted by Crippen LogP contribution is -2.38. The maximum atomic E-state index is 12.9. The number of carbonyl (C=O) groups is 3. The number of nitrogens with zero attached hydrogens (tertiary/aromatic N) is 5. The molecule has 234 valence electrons. The van der Waals surface area contributed by atoms with Crippen LogP contribution in [0.5, 0.6) is 0 Å². The molecule has 2 N–H and O–H groups in total. The Morgan fingerprint density at radius 2 is 1.71 bits per heavy atom. The first-order valence-corrected chi connectivity index (χ1v) is 13.2. The van der Waals surface area contributed by atoms with E-state index in [1.54, 1.807) is 6.20 Å². The molecular formula is C24H29F6N5O6S. The molecule has 0 bridgehead atoms. The molecular weight excluding hydrogens is 600 g/mol. The number of likely N-dealkylation sites (tertiary alicyclic amines) is 2. The third kappa shape index (κ3) is 9.87. The van der Waals surface area contributed by atoms with E-state index in [4.69, 9.17) is 24.5 Å². The molecule has 11 nitrogen and oxygen atoms in total. The van der Waals surface area contributed by atoms with Crippen LogP contribution in [0.2, 0.25) is 0 Å². The number of aryl methyl sites for hydroxylation is 1. The molecule has 2 aromatic rings. The molecule has 0 radical (unpaired) electrons. The van der Waals surface area contributed by atoms with Crippen molar-refractivity contribution >= 4 is 29.4 Å². The van der Waals surface area contributed by atoms with Gasteiger partial charge in [0.15, 0.2) is 5.69 Å². The highest BCUT2D eigenvalue weighted by Gasteiger charge is 2.51. The second-order valence-electron chi connectivity index (χ2n) is 9.48. The summed E-state index contributed by atoms with van der Waals surface area (Å²) in [5, 5.41) is 18.3. The Morgan fingerprint density at radius 3 is 2.19 bits per heavy atom. The van der Waals surface area contributed by atoms with Crippen LogP contribution in [0.3, 0.4) is 0 Å². The summed E-state index contributed by atoms with van der Waals surface area (Å²) in [5.41, 5.74) is 1.57. The molecule has 2 aliphatic heterocycles. The highest BCUT2D eigenvalue weighted by molar-refractivity contribution is 7.05. The summed E-state index contributed by atoms with van der Waals surface area (Å²) >= 11 is 1.29. The first-order valence-electron chi connectivity index (χ1n) is 12.4. The van der Waals surface area contributed by atoms with E-state index in [1.807, 2.05) is 30.0 Å². The van der Waals surface area contributed by atoms with E-state index in [0.717, 1.165) is 49.7 Å². The quantitative estimate of drug-likeness (QED) is 0.456. The zero-order valence-corrected chi connectivity index (χ0v) is 23.3. The first kappa shape index (κ1) is 34.8. The average Bonchev–Trinajstić information content (AvgIpc) is 3.63. The smallest absolute Gasteiger partial charge is 0.475 e. The first-order chi connectivity index (χ1) is 19.5. The molecule has 2 aromatic heterocycles. The number of pyridine rings is 1. The summed E-state index contributed by atoms with van der Waals surface area (Å²) in [4.78, 5) is 40.4. The van der Waals surface area contributed by atoms with Gasteiger partial charge in [-0.2, -0.15) is 26.3 Å². The Bertz CT molecular complexity index is 1170. The molecule has 0 aromatic carbocycles. The van der Waals surface area contributed by atoms with Crippen LogP contribution < -0.4 is 0 Å². The number of hydrogen-bond acceptors (Lipinski definition) is 9. The molecule has 4 rings (SSSR count). The molecule has 2 fully saturated rings. The van der Waals surface area contributed by atoms with Gasteiger partial charge < -0.3 is 24.7 Å². The molecule has 2 atom stereocenters. The van der Waals surface area contributed by atoms with Crippen LogP contribution in [0, 0.1) is 18.3 Å². The molecule has 0 saturated carbocycles. The van der Waals surface area contributed by atoms with Crippen molar-refractivity contribution in [2.24, 2.45) is 11.3 Å². The second-order valence-corrected chi connectivity index (χ2v) is 10.4. The maximum Gasteiger partial charge on any atom is 0.490 e. The van der Waals surface area contributed by atoms with Gasteiger partial charge in [0.25, 0.3) is 5.91 Å². The van der Waals surface area contributed by atoms with E-state index in [2.05, 4.69) is 26.4 Å². The van der Waals surface area contributed by atoms with Crippen LogP contribution in [0.1, 0.15) is 34.4 Å². The lowest BCUT2D eigenvalue weighted by atomic mass is 9.77. The molecule has 2 saturated heterocycles. The molecule has 2 aliphatic rings. The molecule has 0 unspecified atom stereocenters. The topological polar surface area (TPSA) is 146 Å². The SMILES string of the molecule is CCN1C[C@@H](COCc2ccccn2)[C@]2(CCN(C(=O)c3nnsc3C)C2)C1.O=C(O)C(F)(F)F.O=C(O)C(F)(F)F. The Morgan fingerprint density at radius 1 is 1.10 bits per heavy atom. The summed E-state index contributed by atoms with van der Waals surface area (Å²) in [6.45, 7) is 9.98. The minimum atomic E-state index is -5.08. The van der Waals surface area contributed by atoms with Gasteiger partial charge in [-0.3, -0.25) is 9.78 Å². The zero-order valence-electron chi connectivity index (χ0n) is 22.5. The fourth-order valence-electron chi connectivity index (χ4n) is 4.51. The van der Waals surface area contributed by atoms with E-state index in [1.165, 1.54) is 11.5 Å². The van der Waals surface area contributed by atoms with Crippen molar-refractivity contribution in [2.75, 3.05) is 39.3 Å². The number of carboxylic acids is 2. The van der Waals surface area contributed by atoms with Crippen LogP contribution in [0.4, 0.5) is 26.3 Å². The predicted molar refractivity (Wildman–Crippen MR) is 134 cm³/mol. The van der Waals surface area contributed by atoms with Gasteiger partial charge in [0, 0.05) is 43.7 Å². The predicted octanol–water partition coefficient (Wildman–Crippen LogP) is 3.51. The van der Waals surface area contributed by atoms with Crippen molar-refractivity contribution in [2.45, 2.75) is 39.2 Å². The Labute approximate surface area is 240 Å². The van der Waals surface area contributed by atoms with Crippen molar-refractivity contribution in [1.82, 2.24) is 24.4 Å². The van der Waals surface area contributed by atoms with Crippen molar-refractivity contribution < 1.29 is 55.7 Å². The van der Waals surface area contributed by atoms with Crippen molar-refractivity contribution in [3.05, 3.63) is 40.7 Å². The number of aliphatic carboxylic acids is 2. The Balaban J connectivity index is 0.000000367. The number of rotatable bonds is 6. The minimum Gasteiger partial charge on any atom is -0.475 e. The number of halogens is 6. The number of ether oxygens (including phenoxy) is 1. The summed E-state index contributed by atoms with van der Waals surface area (Å²) in [6.07, 6.45) is -7.35. The molecule has 0 aliphatic carbocycles. The largest absolute Gasteiger partial charge is 0.490 e. The Kier molecular flexibility index (Phi) is 12.2. The van der Waals surface area contributed by atoms with Gasteiger partial charge >= 0.3 is 24.3 Å². The van der Waals surface area contributed by atoms with Crippen molar-refractivity contribution in [3.8, 4) is 0 Å². The number of hydrogen-bond donors (Lipinski definition) is 2. The number of carboxylic acid groups (broad SMARTS) is 2. The van der Waals surface area contributed by atoms with E-state index in [0.29, 0.717) is 24.8 Å². The molecule has 1 amide bonds. The third-order valence-corrected chi connectivity index (χ3v) is 7.27. The molecule has 42 heavy (non-hydrogen) atoms. The summed E-state index contributed by atoms with van der Waals surface area (Å²) in [6, 6.07) is 5.89. The lowest BCUT2D eigenvalue weighted by Gasteiger charge is -2.30. The van der Waals surface area contributed by atoms with Gasteiger partial charge in [0.05, 0.1) is 23.8 Å². The number of carbonyl (C=O) groups excluding carboxylic acids is 1. The van der Waals surface area contributed by atoms with Crippen LogP contribution in [0.15, 0.2) is 24.4 Å². The van der Waals surface area contributed by atoms with Crippen LogP contribution in [-0.4, -0.2) is 104 Å². The number of aromatic nitrogens is 3. The normalized spacial score (nSPS) is 20.5. The number of amides is 1. The van der Waals surface area contributed by atoms with Crippen LogP contribution >= 0.6 is 11.5 Å². The molecule has 4 heterocycles. The third-order valence-electron chi connectivity index (χ3n) is 6.64. The van der Waals surface area contributed by atoms with Crippen LogP contribution in [0.25, 0.3) is 0 Å². The van der Waals surface area contributed by atoms with Gasteiger partial charge in [-0.05, 0) is 43.6 Å². The van der Waals surface area contributed by atoms with Crippen LogP contribution in [-0.2, 0) is 20.9 Å². The van der Waals surface area contributed by atoms with E-state index in [-0.39, 0.29) is 11.3 Å². The summed E-state index contributed by atoms with van der Waals surface area (Å²) in [5.74, 6) is -5.07. The van der Waals surface area contributed by atoms with E-state index >= 15 is 0 Å². The summed E-state index contributed by atoms with van der Waals surface area (Å²) < 4.78 is 73.5. The van der Waals surface area contributed by atoms with Crippen molar-refractivity contribution in [1.29, 1.82) is 0 Å².